The van der Waals surface area contributed by atoms with E-state index in [-0.39, 0.29) is 12.6 Å². The van der Waals surface area contributed by atoms with Crippen molar-refractivity contribution in [3.63, 3.8) is 0 Å². The molecule has 3 nitrogen and oxygen atoms in total. The van der Waals surface area contributed by atoms with E-state index in [1.807, 2.05) is 0 Å². The summed E-state index contributed by atoms with van der Waals surface area (Å²) in [5.41, 5.74) is 2.78. The molecule has 13 heavy (non-hydrogen) atoms. The molecule has 0 aromatic carbocycles. The summed E-state index contributed by atoms with van der Waals surface area (Å²) < 4.78 is 41.9. The van der Waals surface area contributed by atoms with Gasteiger partial charge in [-0.1, -0.05) is 0 Å². The standard InChI is InChI=1S/C7H11F3N2O/c1-4-3-13-6(2,5(11)12-4)7(8,9)10/h4H,3H2,1-2H3,(H2,11,12)/t4-,6+/m0/s1. The van der Waals surface area contributed by atoms with Gasteiger partial charge in [-0.05, 0) is 13.8 Å². The Kier molecular flexibility index (Phi) is 2.27. The summed E-state index contributed by atoms with van der Waals surface area (Å²) in [6.45, 7) is 2.47. The Morgan fingerprint density at radius 2 is 2.15 bits per heavy atom. The molecule has 1 heterocycles. The van der Waals surface area contributed by atoms with Gasteiger partial charge in [-0.3, -0.25) is 4.99 Å². The highest BCUT2D eigenvalue weighted by Gasteiger charge is 2.57. The summed E-state index contributed by atoms with van der Waals surface area (Å²) in [5, 5.41) is 0. The molecule has 0 unspecified atom stereocenters. The summed E-state index contributed by atoms with van der Waals surface area (Å²) in [7, 11) is 0. The highest BCUT2D eigenvalue weighted by Crippen LogP contribution is 2.35. The molecular formula is C7H11F3N2O. The molecule has 2 atom stereocenters. The number of aliphatic imine (C=N–C) groups is 1. The van der Waals surface area contributed by atoms with Crippen molar-refractivity contribution in [2.75, 3.05) is 6.61 Å². The van der Waals surface area contributed by atoms with E-state index in [9.17, 15) is 13.2 Å². The van der Waals surface area contributed by atoms with Crippen molar-refractivity contribution in [1.82, 2.24) is 0 Å². The Bertz CT molecular complexity index is 238. The fourth-order valence-electron chi connectivity index (χ4n) is 0.986. The Morgan fingerprint density at radius 1 is 1.62 bits per heavy atom. The summed E-state index contributed by atoms with van der Waals surface area (Å²) >= 11 is 0. The monoisotopic (exact) mass is 196 g/mol. The van der Waals surface area contributed by atoms with E-state index in [0.29, 0.717) is 0 Å². The number of ether oxygens (including phenoxy) is 1. The van der Waals surface area contributed by atoms with Crippen LogP contribution in [0.3, 0.4) is 0 Å². The number of rotatable bonds is 0. The molecule has 0 aliphatic carbocycles. The van der Waals surface area contributed by atoms with Crippen molar-refractivity contribution in [2.45, 2.75) is 31.7 Å². The maximum Gasteiger partial charge on any atom is 0.424 e. The van der Waals surface area contributed by atoms with Gasteiger partial charge in [0.15, 0.2) is 0 Å². The summed E-state index contributed by atoms with van der Waals surface area (Å²) in [5.74, 6) is -0.501. The van der Waals surface area contributed by atoms with Crippen LogP contribution in [0.1, 0.15) is 13.8 Å². The van der Waals surface area contributed by atoms with Crippen LogP contribution in [-0.2, 0) is 4.74 Å². The van der Waals surface area contributed by atoms with Crippen molar-refractivity contribution in [2.24, 2.45) is 10.7 Å². The molecule has 1 aliphatic heterocycles. The second-order valence-electron chi connectivity index (χ2n) is 3.21. The van der Waals surface area contributed by atoms with Crippen LogP contribution < -0.4 is 5.73 Å². The molecule has 0 aromatic heterocycles. The second kappa shape index (κ2) is 2.87. The molecule has 0 fully saturated rings. The maximum absolute atomic E-state index is 12.4. The molecule has 0 bridgehead atoms. The van der Waals surface area contributed by atoms with E-state index in [1.165, 1.54) is 0 Å². The quantitative estimate of drug-likeness (QED) is 0.630. The zero-order valence-electron chi connectivity index (χ0n) is 7.35. The van der Waals surface area contributed by atoms with Gasteiger partial charge in [0.2, 0.25) is 5.60 Å². The lowest BCUT2D eigenvalue weighted by molar-refractivity contribution is -0.245. The Labute approximate surface area is 73.8 Å². The van der Waals surface area contributed by atoms with Crippen LogP contribution in [0, 0.1) is 0 Å². The molecule has 0 saturated heterocycles. The van der Waals surface area contributed by atoms with Crippen LogP contribution in [0.15, 0.2) is 4.99 Å². The third kappa shape index (κ3) is 1.63. The van der Waals surface area contributed by atoms with Crippen LogP contribution in [0.2, 0.25) is 0 Å². The average molecular weight is 196 g/mol. The van der Waals surface area contributed by atoms with Crippen LogP contribution >= 0.6 is 0 Å². The lowest BCUT2D eigenvalue weighted by Gasteiger charge is -2.35. The van der Waals surface area contributed by atoms with E-state index in [1.54, 1.807) is 6.92 Å². The van der Waals surface area contributed by atoms with Gasteiger partial charge in [-0.2, -0.15) is 13.2 Å². The lowest BCUT2D eigenvalue weighted by atomic mass is 10.0. The van der Waals surface area contributed by atoms with E-state index >= 15 is 0 Å². The van der Waals surface area contributed by atoms with Crippen molar-refractivity contribution >= 4 is 5.84 Å². The number of amidine groups is 1. The molecule has 1 rings (SSSR count). The first-order valence-electron chi connectivity index (χ1n) is 3.82. The fourth-order valence-corrected chi connectivity index (χ4v) is 0.986. The number of halogens is 3. The van der Waals surface area contributed by atoms with Crippen LogP contribution in [-0.4, -0.2) is 30.3 Å². The molecule has 0 saturated carbocycles. The van der Waals surface area contributed by atoms with Crippen LogP contribution in [0.4, 0.5) is 13.2 Å². The molecule has 1 aliphatic rings. The molecule has 2 N–H and O–H groups in total. The van der Waals surface area contributed by atoms with Gasteiger partial charge in [-0.15, -0.1) is 0 Å². The smallest absolute Gasteiger partial charge is 0.385 e. The third-order valence-electron chi connectivity index (χ3n) is 2.00. The molecule has 6 heteroatoms. The minimum absolute atomic E-state index is 0.0588. The number of hydrogen-bond donors (Lipinski definition) is 1. The first-order valence-corrected chi connectivity index (χ1v) is 3.82. The van der Waals surface area contributed by atoms with Crippen molar-refractivity contribution in [3.8, 4) is 0 Å². The topological polar surface area (TPSA) is 47.6 Å². The van der Waals surface area contributed by atoms with E-state index in [0.717, 1.165) is 6.92 Å². The number of nitrogens with two attached hydrogens (primary N) is 1. The Balaban J connectivity index is 2.99. The zero-order chi connectivity index (χ0) is 10.3. The van der Waals surface area contributed by atoms with E-state index < -0.39 is 17.6 Å². The van der Waals surface area contributed by atoms with Gasteiger partial charge in [0.25, 0.3) is 0 Å². The van der Waals surface area contributed by atoms with Gasteiger partial charge in [0.05, 0.1) is 12.6 Å². The molecule has 0 radical (unpaired) electrons. The van der Waals surface area contributed by atoms with E-state index in [2.05, 4.69) is 9.73 Å². The predicted octanol–water partition coefficient (Wildman–Crippen LogP) is 1.08. The molecule has 0 aromatic rings. The first kappa shape index (κ1) is 10.3. The highest BCUT2D eigenvalue weighted by molar-refractivity contribution is 5.90. The number of nitrogens with zero attached hydrogens (tertiary/aromatic N) is 1. The summed E-state index contributed by atoms with van der Waals surface area (Å²) in [6.07, 6.45) is -4.51. The minimum atomic E-state index is -4.51. The van der Waals surface area contributed by atoms with Crippen LogP contribution in [0.25, 0.3) is 0 Å². The second-order valence-corrected chi connectivity index (χ2v) is 3.21. The lowest BCUT2D eigenvalue weighted by Crippen LogP contribution is -2.58. The van der Waals surface area contributed by atoms with Gasteiger partial charge in [0, 0.05) is 0 Å². The minimum Gasteiger partial charge on any atom is -0.385 e. The van der Waals surface area contributed by atoms with Gasteiger partial charge >= 0.3 is 6.18 Å². The summed E-state index contributed by atoms with van der Waals surface area (Å²) in [6, 6.07) is -0.310. The molecule has 0 amide bonds. The van der Waals surface area contributed by atoms with Crippen molar-refractivity contribution in [3.05, 3.63) is 0 Å². The number of hydrogen-bond acceptors (Lipinski definition) is 3. The van der Waals surface area contributed by atoms with Gasteiger partial charge < -0.3 is 10.5 Å². The first-order chi connectivity index (χ1) is 5.77. The number of alkyl halides is 3. The van der Waals surface area contributed by atoms with E-state index in [4.69, 9.17) is 5.73 Å². The molecule has 76 valence electrons. The highest BCUT2D eigenvalue weighted by atomic mass is 19.4. The largest absolute Gasteiger partial charge is 0.424 e. The normalized spacial score (nSPS) is 35.8. The Hall–Kier alpha value is -0.780. The van der Waals surface area contributed by atoms with Crippen molar-refractivity contribution < 1.29 is 17.9 Å². The molecular weight excluding hydrogens is 185 g/mol. The van der Waals surface area contributed by atoms with Crippen LogP contribution in [0.5, 0.6) is 0 Å². The summed E-state index contributed by atoms with van der Waals surface area (Å²) in [4.78, 5) is 3.65. The van der Waals surface area contributed by atoms with Gasteiger partial charge in [-0.25, -0.2) is 0 Å². The van der Waals surface area contributed by atoms with Gasteiger partial charge in [0.1, 0.15) is 5.84 Å². The Morgan fingerprint density at radius 3 is 2.54 bits per heavy atom. The SMILES string of the molecule is C[C@H]1CO[C@@](C)(C(F)(F)F)C(N)=N1. The average Bonchev–Trinajstić information content (AvgIpc) is 1.95. The molecule has 0 spiro atoms. The fraction of sp³-hybridized carbons (Fsp3) is 0.857. The maximum atomic E-state index is 12.4. The zero-order valence-corrected chi connectivity index (χ0v) is 7.35. The van der Waals surface area contributed by atoms with Crippen molar-refractivity contribution in [1.29, 1.82) is 0 Å². The predicted molar refractivity (Wildman–Crippen MR) is 41.5 cm³/mol. The third-order valence-corrected chi connectivity index (χ3v) is 2.00.